The summed E-state index contributed by atoms with van der Waals surface area (Å²) in [5, 5.41) is 7.58. The fourth-order valence-corrected chi connectivity index (χ4v) is 4.60. The summed E-state index contributed by atoms with van der Waals surface area (Å²) in [6.45, 7) is 1.64. The van der Waals surface area contributed by atoms with Gasteiger partial charge in [-0.15, -0.1) is 0 Å². The lowest BCUT2D eigenvalue weighted by atomic mass is 9.87. The van der Waals surface area contributed by atoms with E-state index in [-0.39, 0.29) is 30.5 Å². The quantitative estimate of drug-likeness (QED) is 0.435. The number of hydrogen-bond acceptors (Lipinski definition) is 6. The number of ether oxygens (including phenoxy) is 2. The first-order valence-electron chi connectivity index (χ1n) is 11.6. The van der Waals surface area contributed by atoms with Crippen molar-refractivity contribution in [3.05, 3.63) is 70.5 Å². The second-order valence-corrected chi connectivity index (χ2v) is 9.25. The van der Waals surface area contributed by atoms with Crippen LogP contribution in [0.1, 0.15) is 18.4 Å². The number of halogens is 2. The van der Waals surface area contributed by atoms with Crippen LogP contribution in [0.4, 0.5) is 0 Å². The molecule has 2 aromatic carbocycles. The maximum atomic E-state index is 12.8. The summed E-state index contributed by atoms with van der Waals surface area (Å²) in [5.74, 6) is 0.824. The largest absolute Gasteiger partial charge is 0.497 e. The fraction of sp³-hybridized carbons (Fsp3) is 0.346. The molecule has 0 aliphatic carbocycles. The molecule has 184 valence electrons. The van der Waals surface area contributed by atoms with Crippen LogP contribution >= 0.6 is 23.2 Å². The van der Waals surface area contributed by atoms with Gasteiger partial charge < -0.3 is 20.1 Å². The van der Waals surface area contributed by atoms with Crippen LogP contribution in [0.15, 0.2) is 54.9 Å². The van der Waals surface area contributed by atoms with Gasteiger partial charge >= 0.3 is 6.01 Å². The Kier molecular flexibility index (Phi) is 8.79. The Balaban J connectivity index is 1.36. The van der Waals surface area contributed by atoms with E-state index >= 15 is 0 Å². The molecule has 1 amide bonds. The Hall–Kier alpha value is -2.87. The maximum absolute atomic E-state index is 12.8. The second kappa shape index (κ2) is 12.2. The summed E-state index contributed by atoms with van der Waals surface area (Å²) in [5.41, 5.74) is 2.71. The number of benzene rings is 2. The zero-order valence-electron chi connectivity index (χ0n) is 19.5. The normalized spacial score (nSPS) is 16.4. The van der Waals surface area contributed by atoms with Gasteiger partial charge in [-0.1, -0.05) is 47.5 Å². The van der Waals surface area contributed by atoms with Gasteiger partial charge in [0.05, 0.1) is 17.2 Å². The van der Waals surface area contributed by atoms with Gasteiger partial charge in [0, 0.05) is 24.0 Å². The van der Waals surface area contributed by atoms with Gasteiger partial charge in [0.15, 0.2) is 6.61 Å². The van der Waals surface area contributed by atoms with Gasteiger partial charge in [-0.3, -0.25) is 4.79 Å². The standard InChI is InChI=1S/C26H28Cl2N4O3/c1-34-21-9-7-17(8-10-21)20-14-30-26(31-15-20)35-16-24(33)32-23(19-5-3-11-29-13-19)12-18-4-2-6-22(27)25(18)28/h2,4,6-10,14-15,19,23,29H,3,5,11-13,16H2,1H3,(H,32,33). The first kappa shape index (κ1) is 25.2. The monoisotopic (exact) mass is 514 g/mol. The van der Waals surface area contributed by atoms with Crippen molar-refractivity contribution in [1.82, 2.24) is 20.6 Å². The molecule has 0 radical (unpaired) electrons. The summed E-state index contributed by atoms with van der Waals surface area (Å²) in [7, 11) is 1.63. The minimum absolute atomic E-state index is 0.103. The van der Waals surface area contributed by atoms with Crippen molar-refractivity contribution in [2.45, 2.75) is 25.3 Å². The average Bonchev–Trinajstić information content (AvgIpc) is 2.90. The molecule has 1 aliphatic rings. The number of aromatic nitrogens is 2. The van der Waals surface area contributed by atoms with E-state index in [4.69, 9.17) is 32.7 Å². The van der Waals surface area contributed by atoms with E-state index in [2.05, 4.69) is 20.6 Å². The molecule has 7 nitrogen and oxygen atoms in total. The Labute approximate surface area is 215 Å². The van der Waals surface area contributed by atoms with Crippen LogP contribution in [-0.2, 0) is 11.2 Å². The summed E-state index contributed by atoms with van der Waals surface area (Å²) in [6.07, 6.45) is 6.00. The molecule has 1 aromatic heterocycles. The molecule has 2 heterocycles. The second-order valence-electron chi connectivity index (χ2n) is 8.47. The highest BCUT2D eigenvalue weighted by molar-refractivity contribution is 6.42. The van der Waals surface area contributed by atoms with Crippen LogP contribution < -0.4 is 20.1 Å². The highest BCUT2D eigenvalue weighted by Crippen LogP contribution is 2.28. The third-order valence-corrected chi connectivity index (χ3v) is 6.96. The van der Waals surface area contributed by atoms with Crippen LogP contribution in [0.25, 0.3) is 11.1 Å². The minimum Gasteiger partial charge on any atom is -0.497 e. The Morgan fingerprint density at radius 1 is 1.14 bits per heavy atom. The summed E-state index contributed by atoms with van der Waals surface area (Å²) in [6, 6.07) is 13.2. The average molecular weight is 515 g/mol. The molecule has 2 N–H and O–H groups in total. The predicted octanol–water partition coefficient (Wildman–Crippen LogP) is 4.56. The lowest BCUT2D eigenvalue weighted by Crippen LogP contribution is -2.48. The van der Waals surface area contributed by atoms with Gasteiger partial charge in [0.2, 0.25) is 0 Å². The summed E-state index contributed by atoms with van der Waals surface area (Å²) < 4.78 is 10.7. The summed E-state index contributed by atoms with van der Waals surface area (Å²) in [4.78, 5) is 21.3. The molecule has 0 spiro atoms. The number of nitrogens with one attached hydrogen (secondary N) is 2. The number of methoxy groups -OCH3 is 1. The zero-order valence-corrected chi connectivity index (χ0v) is 21.0. The fourth-order valence-electron chi connectivity index (χ4n) is 4.20. The smallest absolute Gasteiger partial charge is 0.316 e. The molecule has 1 aliphatic heterocycles. The first-order valence-corrected chi connectivity index (χ1v) is 12.3. The molecule has 3 aromatic rings. The number of nitrogens with zero attached hydrogens (tertiary/aromatic N) is 2. The molecular formula is C26H28Cl2N4O3. The van der Waals surface area contributed by atoms with Crippen molar-refractivity contribution in [2.24, 2.45) is 5.92 Å². The van der Waals surface area contributed by atoms with E-state index in [1.165, 1.54) is 0 Å². The van der Waals surface area contributed by atoms with Gasteiger partial charge in [-0.2, -0.15) is 0 Å². The third kappa shape index (κ3) is 6.84. The Morgan fingerprint density at radius 2 is 1.91 bits per heavy atom. The topological polar surface area (TPSA) is 85.4 Å². The van der Waals surface area contributed by atoms with Gasteiger partial charge in [0.25, 0.3) is 5.91 Å². The molecule has 1 saturated heterocycles. The minimum atomic E-state index is -0.235. The summed E-state index contributed by atoms with van der Waals surface area (Å²) >= 11 is 12.6. The van der Waals surface area contributed by atoms with Crippen molar-refractivity contribution in [3.8, 4) is 22.9 Å². The number of hydrogen-bond donors (Lipinski definition) is 2. The number of piperidine rings is 1. The van der Waals surface area contributed by atoms with Crippen LogP contribution in [0.5, 0.6) is 11.8 Å². The molecule has 9 heteroatoms. The molecule has 2 atom stereocenters. The highest BCUT2D eigenvalue weighted by Gasteiger charge is 2.26. The number of rotatable bonds is 9. The third-order valence-electron chi connectivity index (χ3n) is 6.11. The van der Waals surface area contributed by atoms with Crippen LogP contribution in [0, 0.1) is 5.92 Å². The van der Waals surface area contributed by atoms with E-state index in [0.29, 0.717) is 16.5 Å². The van der Waals surface area contributed by atoms with Crippen LogP contribution in [0.3, 0.4) is 0 Å². The van der Waals surface area contributed by atoms with E-state index in [1.807, 2.05) is 36.4 Å². The number of carbonyl (C=O) groups is 1. The van der Waals surface area contributed by atoms with Crippen LogP contribution in [-0.4, -0.2) is 48.7 Å². The van der Waals surface area contributed by atoms with Crippen molar-refractivity contribution in [1.29, 1.82) is 0 Å². The van der Waals surface area contributed by atoms with E-state index in [0.717, 1.165) is 48.4 Å². The van der Waals surface area contributed by atoms with Gasteiger partial charge in [-0.05, 0) is 67.6 Å². The highest BCUT2D eigenvalue weighted by atomic mass is 35.5. The predicted molar refractivity (Wildman–Crippen MR) is 137 cm³/mol. The van der Waals surface area contributed by atoms with Crippen molar-refractivity contribution >= 4 is 29.1 Å². The molecular weight excluding hydrogens is 487 g/mol. The van der Waals surface area contributed by atoms with Crippen LogP contribution in [0.2, 0.25) is 10.0 Å². The Morgan fingerprint density at radius 3 is 2.60 bits per heavy atom. The zero-order chi connectivity index (χ0) is 24.6. The SMILES string of the molecule is COc1ccc(-c2cnc(OCC(=O)NC(Cc3cccc(Cl)c3Cl)C3CCCNC3)nc2)cc1. The lowest BCUT2D eigenvalue weighted by molar-refractivity contribution is -0.124. The number of carbonyl (C=O) groups excluding carboxylic acids is 1. The Bertz CT molecular complexity index is 1120. The molecule has 1 fully saturated rings. The van der Waals surface area contributed by atoms with E-state index in [9.17, 15) is 4.79 Å². The maximum Gasteiger partial charge on any atom is 0.316 e. The first-order chi connectivity index (χ1) is 17.0. The van der Waals surface area contributed by atoms with Crippen molar-refractivity contribution in [3.63, 3.8) is 0 Å². The molecule has 0 saturated carbocycles. The molecule has 0 bridgehead atoms. The van der Waals surface area contributed by atoms with Crippen molar-refractivity contribution in [2.75, 3.05) is 26.8 Å². The van der Waals surface area contributed by atoms with Gasteiger partial charge in [0.1, 0.15) is 5.75 Å². The van der Waals surface area contributed by atoms with Crippen molar-refractivity contribution < 1.29 is 14.3 Å². The van der Waals surface area contributed by atoms with Gasteiger partial charge in [-0.25, -0.2) is 9.97 Å². The molecule has 35 heavy (non-hydrogen) atoms. The van der Waals surface area contributed by atoms with E-state index in [1.54, 1.807) is 25.6 Å². The molecule has 4 rings (SSSR count). The van der Waals surface area contributed by atoms with E-state index < -0.39 is 0 Å². The number of amides is 1. The lowest BCUT2D eigenvalue weighted by Gasteiger charge is -2.32. The molecule has 2 unspecified atom stereocenters.